The van der Waals surface area contributed by atoms with Gasteiger partial charge in [-0.3, -0.25) is 9.59 Å². The molecule has 0 spiro atoms. The van der Waals surface area contributed by atoms with Crippen LogP contribution in [-0.4, -0.2) is 24.0 Å². The van der Waals surface area contributed by atoms with Gasteiger partial charge in [-0.15, -0.1) is 11.3 Å². The van der Waals surface area contributed by atoms with E-state index in [-0.39, 0.29) is 12.3 Å². The van der Waals surface area contributed by atoms with Gasteiger partial charge in [0.05, 0.1) is 11.3 Å². The molecule has 1 heterocycles. The molecule has 0 fully saturated rings. The topological polar surface area (TPSA) is 66.4 Å². The third kappa shape index (κ3) is 3.06. The van der Waals surface area contributed by atoms with Crippen LogP contribution in [0, 0.1) is 6.92 Å². The fourth-order valence-electron chi connectivity index (χ4n) is 1.22. The van der Waals surface area contributed by atoms with Gasteiger partial charge in [0, 0.05) is 11.9 Å². The van der Waals surface area contributed by atoms with Gasteiger partial charge in [-0.05, 0) is 25.0 Å². The summed E-state index contributed by atoms with van der Waals surface area (Å²) in [6, 6.07) is 1.79. The number of nitrogens with one attached hydrogen (secondary N) is 1. The highest BCUT2D eigenvalue weighted by Gasteiger charge is 2.11. The summed E-state index contributed by atoms with van der Waals surface area (Å²) in [5, 5.41) is 11.1. The normalized spacial score (nSPS) is 10.0. The molecular weight excluding hydrogens is 214 g/mol. The minimum absolute atomic E-state index is 0.106. The van der Waals surface area contributed by atoms with E-state index in [1.54, 1.807) is 13.1 Å². The van der Waals surface area contributed by atoms with Crippen LogP contribution in [0.25, 0.3) is 0 Å². The lowest BCUT2D eigenvalue weighted by Crippen LogP contribution is -2.16. The van der Waals surface area contributed by atoms with Gasteiger partial charge in [-0.1, -0.05) is 0 Å². The Morgan fingerprint density at radius 1 is 1.53 bits per heavy atom. The lowest BCUT2D eigenvalue weighted by molar-refractivity contribution is -0.136. The second-order valence-corrected chi connectivity index (χ2v) is 4.33. The van der Waals surface area contributed by atoms with Crippen LogP contribution < -0.4 is 5.32 Å². The second-order valence-electron chi connectivity index (χ2n) is 3.19. The predicted octanol–water partition coefficient (Wildman–Crippen LogP) is 1.43. The Morgan fingerprint density at radius 2 is 2.20 bits per heavy atom. The van der Waals surface area contributed by atoms with E-state index in [1.807, 2.05) is 6.92 Å². The molecule has 0 radical (unpaired) electrons. The summed E-state index contributed by atoms with van der Waals surface area (Å²) in [5.41, 5.74) is 0.986. The molecule has 2 N–H and O–H groups in total. The number of carbonyl (C=O) groups excluding carboxylic acids is 1. The van der Waals surface area contributed by atoms with E-state index in [0.29, 0.717) is 11.3 Å². The smallest absolute Gasteiger partial charge is 0.303 e. The van der Waals surface area contributed by atoms with Gasteiger partial charge in [-0.25, -0.2) is 0 Å². The summed E-state index contributed by atoms with van der Waals surface area (Å²) >= 11 is 1.36. The Bertz CT molecular complexity index is 384. The van der Waals surface area contributed by atoms with Gasteiger partial charge in [0.15, 0.2) is 0 Å². The average Bonchev–Trinajstić information content (AvgIpc) is 2.55. The third-order valence-electron chi connectivity index (χ3n) is 2.04. The van der Waals surface area contributed by atoms with Crippen LogP contribution in [0.1, 0.15) is 26.5 Å². The van der Waals surface area contributed by atoms with Crippen molar-refractivity contribution >= 4 is 23.2 Å². The van der Waals surface area contributed by atoms with Crippen LogP contribution in [0.4, 0.5) is 0 Å². The first-order valence-electron chi connectivity index (χ1n) is 4.57. The molecule has 0 aliphatic rings. The van der Waals surface area contributed by atoms with Crippen LogP contribution in [0.2, 0.25) is 0 Å². The number of rotatable bonds is 4. The Labute approximate surface area is 91.9 Å². The molecule has 82 valence electrons. The lowest BCUT2D eigenvalue weighted by Gasteiger charge is -1.95. The first kappa shape index (κ1) is 11.7. The van der Waals surface area contributed by atoms with Crippen molar-refractivity contribution in [2.24, 2.45) is 0 Å². The maximum atomic E-state index is 11.3. The van der Waals surface area contributed by atoms with E-state index in [0.717, 1.165) is 10.4 Å². The summed E-state index contributed by atoms with van der Waals surface area (Å²) in [6.07, 6.45) is 0.595. The predicted molar refractivity (Wildman–Crippen MR) is 58.4 cm³/mol. The van der Waals surface area contributed by atoms with Crippen molar-refractivity contribution in [3.8, 4) is 0 Å². The summed E-state index contributed by atoms with van der Waals surface area (Å²) in [6.45, 7) is 1.89. The van der Waals surface area contributed by atoms with Gasteiger partial charge in [0.25, 0.3) is 5.91 Å². The number of carbonyl (C=O) groups is 2. The number of thiophene rings is 1. The van der Waals surface area contributed by atoms with Gasteiger partial charge in [0.1, 0.15) is 0 Å². The number of hydrogen-bond acceptors (Lipinski definition) is 3. The highest BCUT2D eigenvalue weighted by atomic mass is 32.1. The monoisotopic (exact) mass is 227 g/mol. The largest absolute Gasteiger partial charge is 0.481 e. The van der Waals surface area contributed by atoms with Crippen molar-refractivity contribution in [3.63, 3.8) is 0 Å². The maximum Gasteiger partial charge on any atom is 0.303 e. The Kier molecular flexibility index (Phi) is 3.85. The fourth-order valence-corrected chi connectivity index (χ4v) is 2.34. The molecule has 1 rings (SSSR count). The number of amides is 1. The Morgan fingerprint density at radius 3 is 2.73 bits per heavy atom. The number of aliphatic carboxylic acids is 1. The minimum Gasteiger partial charge on any atom is -0.481 e. The highest BCUT2D eigenvalue weighted by Crippen LogP contribution is 2.23. The molecule has 4 nitrogen and oxygen atoms in total. The lowest BCUT2D eigenvalue weighted by atomic mass is 10.2. The van der Waals surface area contributed by atoms with Crippen molar-refractivity contribution < 1.29 is 14.7 Å². The summed E-state index contributed by atoms with van der Waals surface area (Å²) < 4.78 is 0. The molecule has 0 unspecified atom stereocenters. The molecule has 0 aromatic carbocycles. The Hall–Kier alpha value is -1.36. The van der Waals surface area contributed by atoms with E-state index < -0.39 is 5.97 Å². The first-order chi connectivity index (χ1) is 7.04. The maximum absolute atomic E-state index is 11.3. The zero-order valence-electron chi connectivity index (χ0n) is 8.66. The van der Waals surface area contributed by atoms with Crippen molar-refractivity contribution in [1.29, 1.82) is 0 Å². The molecule has 0 atom stereocenters. The molecule has 1 aromatic rings. The molecular formula is C10H13NO3S. The van der Waals surface area contributed by atoms with Crippen LogP contribution >= 0.6 is 11.3 Å². The minimum atomic E-state index is -0.815. The first-order valence-corrected chi connectivity index (χ1v) is 5.39. The van der Waals surface area contributed by atoms with Gasteiger partial charge < -0.3 is 10.4 Å². The number of aryl methyl sites for hydroxylation is 2. The molecule has 15 heavy (non-hydrogen) atoms. The highest BCUT2D eigenvalue weighted by molar-refractivity contribution is 7.14. The molecule has 0 saturated carbocycles. The summed E-state index contributed by atoms with van der Waals surface area (Å²) in [5.74, 6) is -0.936. The van der Waals surface area contributed by atoms with Gasteiger partial charge >= 0.3 is 5.97 Å². The van der Waals surface area contributed by atoms with Crippen molar-refractivity contribution in [1.82, 2.24) is 5.32 Å². The SMILES string of the molecule is CNC(=O)c1cc(C)c(CCC(=O)O)s1. The quantitative estimate of drug-likeness (QED) is 0.817. The summed E-state index contributed by atoms with van der Waals surface area (Å²) in [4.78, 5) is 23.3. The summed E-state index contributed by atoms with van der Waals surface area (Å²) in [7, 11) is 1.58. The molecule has 0 aliphatic heterocycles. The van der Waals surface area contributed by atoms with Crippen LogP contribution in [-0.2, 0) is 11.2 Å². The third-order valence-corrected chi connectivity index (χ3v) is 3.33. The van der Waals surface area contributed by atoms with Crippen LogP contribution in [0.3, 0.4) is 0 Å². The van der Waals surface area contributed by atoms with E-state index in [4.69, 9.17) is 5.11 Å². The molecule has 5 heteroatoms. The molecule has 1 amide bonds. The molecule has 0 saturated heterocycles. The van der Waals surface area contributed by atoms with Crippen molar-refractivity contribution in [2.75, 3.05) is 7.05 Å². The van der Waals surface area contributed by atoms with Crippen LogP contribution in [0.15, 0.2) is 6.07 Å². The van der Waals surface area contributed by atoms with E-state index in [1.165, 1.54) is 11.3 Å². The van der Waals surface area contributed by atoms with E-state index >= 15 is 0 Å². The van der Waals surface area contributed by atoms with Crippen LogP contribution in [0.5, 0.6) is 0 Å². The van der Waals surface area contributed by atoms with Gasteiger partial charge in [-0.2, -0.15) is 0 Å². The molecule has 0 aliphatic carbocycles. The van der Waals surface area contributed by atoms with E-state index in [9.17, 15) is 9.59 Å². The second kappa shape index (κ2) is 4.93. The van der Waals surface area contributed by atoms with E-state index in [2.05, 4.69) is 5.32 Å². The molecule has 1 aromatic heterocycles. The number of carboxylic acid groups (broad SMARTS) is 1. The number of hydrogen-bond donors (Lipinski definition) is 2. The standard InChI is InChI=1S/C10H13NO3S/c1-6-5-8(10(14)11-2)15-7(6)3-4-9(12)13/h5H,3-4H2,1-2H3,(H,11,14)(H,12,13). The average molecular weight is 227 g/mol. The van der Waals surface area contributed by atoms with Gasteiger partial charge in [0.2, 0.25) is 0 Å². The zero-order chi connectivity index (χ0) is 11.4. The molecule has 0 bridgehead atoms. The Balaban J connectivity index is 2.77. The van der Waals surface area contributed by atoms with Crippen molar-refractivity contribution in [3.05, 3.63) is 21.4 Å². The number of carboxylic acids is 1. The fraction of sp³-hybridized carbons (Fsp3) is 0.400. The van der Waals surface area contributed by atoms with Crippen molar-refractivity contribution in [2.45, 2.75) is 19.8 Å². The zero-order valence-corrected chi connectivity index (χ0v) is 9.48.